The molecule has 3 heteroatoms. The lowest BCUT2D eigenvalue weighted by atomic mass is 9.86. The van der Waals surface area contributed by atoms with E-state index in [1.807, 2.05) is 12.1 Å². The topological polar surface area (TPSA) is 49.3 Å². The van der Waals surface area contributed by atoms with E-state index in [4.69, 9.17) is 0 Å². The summed E-state index contributed by atoms with van der Waals surface area (Å²) in [6.45, 7) is 0.423. The maximum absolute atomic E-state index is 12.0. The molecule has 0 spiro atoms. The molecule has 0 aromatic heterocycles. The number of fused-ring (bicyclic) bond motifs is 2. The Bertz CT molecular complexity index is 472. The fourth-order valence-corrected chi connectivity index (χ4v) is 3.79. The first-order chi connectivity index (χ1) is 9.22. The van der Waals surface area contributed by atoms with Crippen molar-refractivity contribution in [1.29, 1.82) is 0 Å². The highest BCUT2D eigenvalue weighted by molar-refractivity contribution is 5.76. The van der Waals surface area contributed by atoms with Gasteiger partial charge in [0.15, 0.2) is 0 Å². The summed E-state index contributed by atoms with van der Waals surface area (Å²) in [5.41, 5.74) is 0.781. The molecule has 2 aliphatic carbocycles. The molecule has 0 heterocycles. The Hall–Kier alpha value is -1.51. The van der Waals surface area contributed by atoms with Gasteiger partial charge in [0.1, 0.15) is 5.75 Å². The summed E-state index contributed by atoms with van der Waals surface area (Å²) >= 11 is 0. The fraction of sp³-hybridized carbons (Fsp3) is 0.562. The van der Waals surface area contributed by atoms with Crippen molar-refractivity contribution in [2.75, 3.05) is 0 Å². The number of phenolic OH excluding ortho intramolecular Hbond substituents is 1. The van der Waals surface area contributed by atoms with Gasteiger partial charge in [-0.1, -0.05) is 24.6 Å². The van der Waals surface area contributed by atoms with Gasteiger partial charge in [-0.15, -0.1) is 0 Å². The van der Waals surface area contributed by atoms with E-state index in [0.29, 0.717) is 18.9 Å². The second-order valence-corrected chi connectivity index (χ2v) is 6.04. The monoisotopic (exact) mass is 259 g/mol. The Labute approximate surface area is 114 Å². The average molecular weight is 259 g/mol. The molecule has 3 rings (SSSR count). The third-order valence-electron chi connectivity index (χ3n) is 4.80. The number of rotatable bonds is 4. The van der Waals surface area contributed by atoms with Crippen molar-refractivity contribution in [1.82, 2.24) is 5.32 Å². The highest BCUT2D eigenvalue weighted by Gasteiger charge is 2.39. The van der Waals surface area contributed by atoms with Crippen molar-refractivity contribution in [3.63, 3.8) is 0 Å². The minimum Gasteiger partial charge on any atom is -0.508 e. The average Bonchev–Trinajstić information content (AvgIpc) is 3.00. The molecular weight excluding hydrogens is 238 g/mol. The molecule has 2 N–H and O–H groups in total. The van der Waals surface area contributed by atoms with Gasteiger partial charge in [0.2, 0.25) is 5.91 Å². The lowest BCUT2D eigenvalue weighted by Gasteiger charge is -2.20. The zero-order valence-corrected chi connectivity index (χ0v) is 11.1. The van der Waals surface area contributed by atoms with E-state index >= 15 is 0 Å². The van der Waals surface area contributed by atoms with Crippen molar-refractivity contribution in [3.05, 3.63) is 29.8 Å². The molecule has 2 saturated carbocycles. The Balaban J connectivity index is 1.48. The van der Waals surface area contributed by atoms with Gasteiger partial charge in [-0.3, -0.25) is 4.79 Å². The zero-order chi connectivity index (χ0) is 13.2. The molecule has 2 fully saturated rings. The van der Waals surface area contributed by atoms with E-state index in [2.05, 4.69) is 5.32 Å². The third kappa shape index (κ3) is 2.75. The Morgan fingerprint density at radius 2 is 2.11 bits per heavy atom. The smallest absolute Gasteiger partial charge is 0.220 e. The van der Waals surface area contributed by atoms with Crippen molar-refractivity contribution in [2.24, 2.45) is 17.8 Å². The number of phenols is 1. The molecule has 1 aromatic rings. The second kappa shape index (κ2) is 5.24. The van der Waals surface area contributed by atoms with Gasteiger partial charge < -0.3 is 10.4 Å². The van der Waals surface area contributed by atoms with Crippen molar-refractivity contribution in [3.8, 4) is 5.75 Å². The number of hydrogen-bond donors (Lipinski definition) is 2. The largest absolute Gasteiger partial charge is 0.508 e. The summed E-state index contributed by atoms with van der Waals surface area (Å²) in [5, 5.41) is 12.6. The van der Waals surface area contributed by atoms with Crippen LogP contribution in [-0.4, -0.2) is 11.0 Å². The third-order valence-corrected chi connectivity index (χ3v) is 4.80. The summed E-state index contributed by atoms with van der Waals surface area (Å²) < 4.78 is 0. The van der Waals surface area contributed by atoms with Crippen LogP contribution in [0.1, 0.15) is 37.7 Å². The van der Waals surface area contributed by atoms with Crippen LogP contribution in [0.25, 0.3) is 0 Å². The van der Waals surface area contributed by atoms with Gasteiger partial charge in [-0.05, 0) is 43.1 Å². The Kier molecular flexibility index (Phi) is 3.45. The summed E-state index contributed by atoms with van der Waals surface area (Å²) in [4.78, 5) is 12.0. The first kappa shape index (κ1) is 12.5. The first-order valence-corrected chi connectivity index (χ1v) is 7.26. The first-order valence-electron chi connectivity index (χ1n) is 7.26. The predicted octanol–water partition coefficient (Wildman–Crippen LogP) is 2.83. The Morgan fingerprint density at radius 1 is 1.26 bits per heavy atom. The maximum Gasteiger partial charge on any atom is 0.220 e. The SMILES string of the molecule is O=C(CC1CC2CCC1C2)NCc1ccccc1O. The minimum atomic E-state index is 0.126. The fourth-order valence-electron chi connectivity index (χ4n) is 3.79. The molecule has 3 unspecified atom stereocenters. The van der Waals surface area contributed by atoms with Crippen LogP contribution in [0, 0.1) is 17.8 Å². The number of carbonyl (C=O) groups excluding carboxylic acids is 1. The number of nitrogens with one attached hydrogen (secondary N) is 1. The molecular formula is C16H21NO2. The van der Waals surface area contributed by atoms with E-state index in [9.17, 15) is 9.90 Å². The van der Waals surface area contributed by atoms with Crippen LogP contribution in [0.3, 0.4) is 0 Å². The van der Waals surface area contributed by atoms with Crippen LogP contribution in [0.4, 0.5) is 0 Å². The zero-order valence-electron chi connectivity index (χ0n) is 11.1. The highest BCUT2D eigenvalue weighted by atomic mass is 16.3. The summed E-state index contributed by atoms with van der Waals surface area (Å²) in [7, 11) is 0. The number of benzene rings is 1. The van der Waals surface area contributed by atoms with Gasteiger partial charge in [-0.25, -0.2) is 0 Å². The lowest BCUT2D eigenvalue weighted by molar-refractivity contribution is -0.122. The number of carbonyl (C=O) groups is 1. The predicted molar refractivity (Wildman–Crippen MR) is 73.5 cm³/mol. The standard InChI is InChI=1S/C16H21NO2/c18-15-4-2-1-3-13(15)10-17-16(19)9-14-8-11-5-6-12(14)7-11/h1-4,11-12,14,18H,5-10H2,(H,17,19). The van der Waals surface area contributed by atoms with Gasteiger partial charge in [0.05, 0.1) is 0 Å². The van der Waals surface area contributed by atoms with E-state index in [0.717, 1.165) is 17.4 Å². The van der Waals surface area contributed by atoms with Crippen LogP contribution in [0.2, 0.25) is 0 Å². The van der Waals surface area contributed by atoms with Crippen LogP contribution in [0.5, 0.6) is 5.75 Å². The number of amides is 1. The summed E-state index contributed by atoms with van der Waals surface area (Å²) in [6.07, 6.45) is 5.95. The molecule has 3 atom stereocenters. The molecule has 19 heavy (non-hydrogen) atoms. The van der Waals surface area contributed by atoms with Gasteiger partial charge in [-0.2, -0.15) is 0 Å². The van der Waals surface area contributed by atoms with Crippen LogP contribution >= 0.6 is 0 Å². The molecule has 1 aromatic carbocycles. The highest BCUT2D eigenvalue weighted by Crippen LogP contribution is 2.49. The molecule has 2 bridgehead atoms. The summed E-state index contributed by atoms with van der Waals surface area (Å²) in [6, 6.07) is 7.15. The van der Waals surface area contributed by atoms with Crippen LogP contribution in [0.15, 0.2) is 24.3 Å². The van der Waals surface area contributed by atoms with Crippen LogP contribution in [-0.2, 0) is 11.3 Å². The van der Waals surface area contributed by atoms with E-state index in [1.165, 1.54) is 25.7 Å². The van der Waals surface area contributed by atoms with Gasteiger partial charge in [0, 0.05) is 18.5 Å². The second-order valence-electron chi connectivity index (χ2n) is 6.04. The molecule has 3 nitrogen and oxygen atoms in total. The van der Waals surface area contributed by atoms with Crippen LogP contribution < -0.4 is 5.32 Å². The summed E-state index contributed by atoms with van der Waals surface area (Å²) in [5.74, 6) is 2.66. The van der Waals surface area contributed by atoms with Gasteiger partial charge in [0.25, 0.3) is 0 Å². The number of para-hydroxylation sites is 1. The lowest BCUT2D eigenvalue weighted by Crippen LogP contribution is -2.26. The van der Waals surface area contributed by atoms with E-state index < -0.39 is 0 Å². The normalized spacial score (nSPS) is 28.5. The van der Waals surface area contributed by atoms with Gasteiger partial charge >= 0.3 is 0 Å². The molecule has 0 saturated heterocycles. The van der Waals surface area contributed by atoms with Crippen molar-refractivity contribution < 1.29 is 9.90 Å². The molecule has 102 valence electrons. The van der Waals surface area contributed by atoms with Crippen molar-refractivity contribution >= 4 is 5.91 Å². The maximum atomic E-state index is 12.0. The van der Waals surface area contributed by atoms with E-state index in [-0.39, 0.29) is 11.7 Å². The number of aromatic hydroxyl groups is 1. The van der Waals surface area contributed by atoms with Crippen molar-refractivity contribution in [2.45, 2.75) is 38.6 Å². The van der Waals surface area contributed by atoms with E-state index in [1.54, 1.807) is 12.1 Å². The molecule has 0 radical (unpaired) electrons. The molecule has 1 amide bonds. The Morgan fingerprint density at radius 3 is 2.79 bits per heavy atom. The minimum absolute atomic E-state index is 0.126. The quantitative estimate of drug-likeness (QED) is 0.873. The molecule has 2 aliphatic rings. The number of hydrogen-bond acceptors (Lipinski definition) is 2. The molecule has 0 aliphatic heterocycles.